The molecule has 1 aromatic heterocycles. The lowest BCUT2D eigenvalue weighted by atomic mass is 9.86. The topological polar surface area (TPSA) is 71.2 Å². The highest BCUT2D eigenvalue weighted by molar-refractivity contribution is 5.98. The van der Waals surface area contributed by atoms with Crippen molar-refractivity contribution in [1.29, 1.82) is 0 Å². The number of nitrogens with one attached hydrogen (secondary N) is 1. The highest BCUT2D eigenvalue weighted by Crippen LogP contribution is 2.32. The molecule has 5 nitrogen and oxygen atoms in total. The lowest BCUT2D eigenvalue weighted by Crippen LogP contribution is -2.33. The molecular weight excluding hydrogens is 360 g/mol. The maximum Gasteiger partial charge on any atom is 0.276 e. The van der Waals surface area contributed by atoms with Crippen LogP contribution in [0.2, 0.25) is 0 Å². The summed E-state index contributed by atoms with van der Waals surface area (Å²) in [5.74, 6) is 0.159. The molecule has 3 rings (SSSR count). The van der Waals surface area contributed by atoms with Crippen LogP contribution in [0.25, 0.3) is 0 Å². The molecule has 0 atom stereocenters. The number of pyridine rings is 1. The van der Waals surface area contributed by atoms with Gasteiger partial charge in [-0.15, -0.1) is 0 Å². The molecule has 1 amide bonds. The Hall–Kier alpha value is -2.56. The number of nitrogens with two attached hydrogens (primary N) is 1. The van der Waals surface area contributed by atoms with Crippen molar-refractivity contribution < 1.29 is 4.79 Å². The van der Waals surface area contributed by atoms with Crippen LogP contribution in [0.4, 0.5) is 5.69 Å². The maximum absolute atomic E-state index is 13.1. The van der Waals surface area contributed by atoms with Crippen LogP contribution in [0.3, 0.4) is 0 Å². The first-order valence-corrected chi connectivity index (χ1v) is 11.0. The molecule has 2 heterocycles. The molecule has 0 spiro atoms. The van der Waals surface area contributed by atoms with Crippen LogP contribution in [0.5, 0.6) is 0 Å². The van der Waals surface area contributed by atoms with Gasteiger partial charge in [0.25, 0.3) is 5.91 Å². The Labute approximate surface area is 174 Å². The fourth-order valence-corrected chi connectivity index (χ4v) is 4.35. The molecule has 1 aromatic rings. The fraction of sp³-hybridized carbons (Fsp3) is 0.500. The van der Waals surface area contributed by atoms with Gasteiger partial charge in [0.2, 0.25) is 0 Å². The van der Waals surface area contributed by atoms with Crippen molar-refractivity contribution in [1.82, 2.24) is 15.2 Å². The number of nitrogens with zero attached hydrogens (tertiary/aromatic N) is 2. The second-order valence-corrected chi connectivity index (χ2v) is 8.01. The number of aromatic nitrogens is 1. The summed E-state index contributed by atoms with van der Waals surface area (Å²) in [6.45, 7) is 7.90. The number of hydrogen-bond donors (Lipinski definition) is 2. The Morgan fingerprint density at radius 2 is 1.86 bits per heavy atom. The molecule has 2 fully saturated rings. The van der Waals surface area contributed by atoms with Crippen LogP contribution >= 0.6 is 0 Å². The van der Waals surface area contributed by atoms with E-state index in [0.717, 1.165) is 50.2 Å². The Balaban J connectivity index is 1.85. The monoisotopic (exact) mass is 394 g/mol. The third-order valence-electron chi connectivity index (χ3n) is 5.94. The van der Waals surface area contributed by atoms with Crippen molar-refractivity contribution in [2.45, 2.75) is 64.2 Å². The van der Waals surface area contributed by atoms with Gasteiger partial charge in [0.05, 0.1) is 17.1 Å². The molecule has 0 radical (unpaired) electrons. The minimum atomic E-state index is -0.269. The van der Waals surface area contributed by atoms with Crippen molar-refractivity contribution >= 4 is 11.6 Å². The molecule has 29 heavy (non-hydrogen) atoms. The molecule has 1 aliphatic heterocycles. The third-order valence-corrected chi connectivity index (χ3v) is 5.94. The number of carbonyl (C=O) groups excluding carboxylic acids is 1. The van der Waals surface area contributed by atoms with E-state index in [1.165, 1.54) is 25.7 Å². The van der Waals surface area contributed by atoms with E-state index in [0.29, 0.717) is 23.0 Å². The summed E-state index contributed by atoms with van der Waals surface area (Å²) in [4.78, 5) is 20.1. The number of carbonyl (C=O) groups is 1. The molecule has 1 saturated carbocycles. The normalized spacial score (nSPS) is 19.1. The molecule has 2 aliphatic rings. The number of anilines is 1. The molecule has 0 aromatic carbocycles. The van der Waals surface area contributed by atoms with E-state index in [2.05, 4.69) is 21.8 Å². The predicted molar refractivity (Wildman–Crippen MR) is 119 cm³/mol. The molecular formula is C24H34N4O. The van der Waals surface area contributed by atoms with E-state index in [4.69, 9.17) is 5.73 Å². The van der Waals surface area contributed by atoms with Crippen molar-refractivity contribution in [2.24, 2.45) is 0 Å². The zero-order valence-electron chi connectivity index (χ0n) is 17.6. The van der Waals surface area contributed by atoms with Gasteiger partial charge in [0.1, 0.15) is 0 Å². The Morgan fingerprint density at radius 3 is 2.52 bits per heavy atom. The lowest BCUT2D eigenvalue weighted by molar-refractivity contribution is 0.0961. The Kier molecular flexibility index (Phi) is 7.50. The SMILES string of the molecule is C=C/C(NC(=O)c1nc(C2CCCCC2)ccc1N)=C(\C=C/C)N1CCCCC1. The van der Waals surface area contributed by atoms with Crippen molar-refractivity contribution in [2.75, 3.05) is 18.8 Å². The van der Waals surface area contributed by atoms with Gasteiger partial charge in [-0.05, 0) is 63.3 Å². The van der Waals surface area contributed by atoms with Crippen LogP contribution in [-0.4, -0.2) is 28.9 Å². The average Bonchev–Trinajstić information content (AvgIpc) is 2.77. The summed E-state index contributed by atoms with van der Waals surface area (Å²) < 4.78 is 0. The van der Waals surface area contributed by atoms with E-state index in [1.807, 2.05) is 31.2 Å². The van der Waals surface area contributed by atoms with Gasteiger partial charge < -0.3 is 16.0 Å². The summed E-state index contributed by atoms with van der Waals surface area (Å²) in [6.07, 6.45) is 15.3. The van der Waals surface area contributed by atoms with Crippen molar-refractivity contribution in [3.63, 3.8) is 0 Å². The summed E-state index contributed by atoms with van der Waals surface area (Å²) in [7, 11) is 0. The summed E-state index contributed by atoms with van der Waals surface area (Å²) in [5.41, 5.74) is 9.54. The number of allylic oxidation sites excluding steroid dienone is 3. The largest absolute Gasteiger partial charge is 0.397 e. The zero-order chi connectivity index (χ0) is 20.6. The Morgan fingerprint density at radius 1 is 1.17 bits per heavy atom. The van der Waals surface area contributed by atoms with Gasteiger partial charge in [-0.3, -0.25) is 4.79 Å². The first-order valence-electron chi connectivity index (χ1n) is 11.0. The lowest BCUT2D eigenvalue weighted by Gasteiger charge is -2.31. The molecule has 3 N–H and O–H groups in total. The molecule has 1 aliphatic carbocycles. The van der Waals surface area contributed by atoms with Gasteiger partial charge in [-0.25, -0.2) is 4.98 Å². The third kappa shape index (κ3) is 5.28. The van der Waals surface area contributed by atoms with Crippen LogP contribution < -0.4 is 11.1 Å². The Bertz CT molecular complexity index is 784. The van der Waals surface area contributed by atoms with Crippen molar-refractivity contribution in [3.05, 3.63) is 59.7 Å². The number of hydrogen-bond acceptors (Lipinski definition) is 4. The molecule has 0 unspecified atom stereocenters. The number of rotatable bonds is 6. The van der Waals surface area contributed by atoms with Gasteiger partial charge >= 0.3 is 0 Å². The highest BCUT2D eigenvalue weighted by Gasteiger charge is 2.21. The molecule has 5 heteroatoms. The van der Waals surface area contributed by atoms with E-state index >= 15 is 0 Å². The second-order valence-electron chi connectivity index (χ2n) is 8.01. The van der Waals surface area contributed by atoms with Crippen LogP contribution in [-0.2, 0) is 0 Å². The first kappa shape index (κ1) is 21.2. The van der Waals surface area contributed by atoms with Gasteiger partial charge in [0.15, 0.2) is 5.69 Å². The number of amides is 1. The molecule has 0 bridgehead atoms. The standard InChI is InChI=1S/C24H34N4O/c1-3-11-22(28-16-9-6-10-17-28)20(4-2)27-24(29)23-19(25)14-15-21(26-23)18-12-7-5-8-13-18/h3-4,11,14-15,18H,2,5-10,12-13,16-17,25H2,1H3,(H,27,29)/b11-3-,22-20-. The summed E-state index contributed by atoms with van der Waals surface area (Å²) >= 11 is 0. The predicted octanol–water partition coefficient (Wildman–Crippen LogP) is 4.90. The van der Waals surface area contributed by atoms with Crippen molar-refractivity contribution in [3.8, 4) is 0 Å². The summed E-state index contributed by atoms with van der Waals surface area (Å²) in [6, 6.07) is 3.80. The summed E-state index contributed by atoms with van der Waals surface area (Å²) in [5, 5.41) is 3.02. The first-order chi connectivity index (χ1) is 14.1. The maximum atomic E-state index is 13.1. The van der Waals surface area contributed by atoms with Crippen LogP contribution in [0.15, 0.2) is 48.3 Å². The number of likely N-dealkylation sites (tertiary alicyclic amines) is 1. The van der Waals surface area contributed by atoms with Crippen LogP contribution in [0.1, 0.15) is 80.4 Å². The second kappa shape index (κ2) is 10.3. The average molecular weight is 395 g/mol. The van der Waals surface area contributed by atoms with Crippen LogP contribution in [0, 0.1) is 0 Å². The fourth-order valence-electron chi connectivity index (χ4n) is 4.35. The van der Waals surface area contributed by atoms with E-state index < -0.39 is 0 Å². The van der Waals surface area contributed by atoms with E-state index in [1.54, 1.807) is 6.08 Å². The number of nitrogen functional groups attached to an aromatic ring is 1. The smallest absolute Gasteiger partial charge is 0.276 e. The molecule has 156 valence electrons. The van der Waals surface area contributed by atoms with E-state index in [-0.39, 0.29) is 5.91 Å². The highest BCUT2D eigenvalue weighted by atomic mass is 16.1. The minimum absolute atomic E-state index is 0.269. The minimum Gasteiger partial charge on any atom is -0.397 e. The van der Waals surface area contributed by atoms with Gasteiger partial charge in [-0.2, -0.15) is 0 Å². The van der Waals surface area contributed by atoms with Gasteiger partial charge in [0, 0.05) is 24.7 Å². The molecule has 1 saturated heterocycles. The quantitative estimate of drug-likeness (QED) is 0.673. The van der Waals surface area contributed by atoms with Gasteiger partial charge in [-0.1, -0.05) is 31.9 Å². The number of piperidine rings is 1. The van der Waals surface area contributed by atoms with E-state index in [9.17, 15) is 4.79 Å². The zero-order valence-corrected chi connectivity index (χ0v) is 17.6.